The van der Waals surface area contributed by atoms with Crippen molar-refractivity contribution in [3.63, 3.8) is 0 Å². The van der Waals surface area contributed by atoms with Gasteiger partial charge >= 0.3 is 0 Å². The van der Waals surface area contributed by atoms with Crippen LogP contribution in [0.15, 0.2) is 12.1 Å². The summed E-state index contributed by atoms with van der Waals surface area (Å²) in [7, 11) is 0. The van der Waals surface area contributed by atoms with Crippen LogP contribution < -0.4 is 15.2 Å². The number of nitrogens with two attached hydrogens (primary N) is 1. The molecule has 0 aromatic heterocycles. The van der Waals surface area contributed by atoms with Crippen molar-refractivity contribution in [2.45, 2.75) is 31.6 Å². The van der Waals surface area contributed by atoms with E-state index in [1.807, 2.05) is 0 Å². The third kappa shape index (κ3) is 2.00. The van der Waals surface area contributed by atoms with Crippen LogP contribution in [0.4, 0.5) is 0 Å². The molecule has 2 aliphatic rings. The van der Waals surface area contributed by atoms with Crippen molar-refractivity contribution in [1.29, 1.82) is 0 Å². The lowest BCUT2D eigenvalue weighted by Gasteiger charge is -2.28. The summed E-state index contributed by atoms with van der Waals surface area (Å²) in [5.41, 5.74) is 8.56. The Morgan fingerprint density at radius 2 is 1.94 bits per heavy atom. The van der Waals surface area contributed by atoms with Gasteiger partial charge in [-0.15, -0.1) is 0 Å². The molecule has 1 aliphatic carbocycles. The second-order valence-electron chi connectivity index (χ2n) is 4.86. The van der Waals surface area contributed by atoms with Gasteiger partial charge in [-0.2, -0.15) is 0 Å². The van der Waals surface area contributed by atoms with Gasteiger partial charge in [0.05, 0.1) is 0 Å². The summed E-state index contributed by atoms with van der Waals surface area (Å²) in [4.78, 5) is 0. The first-order chi connectivity index (χ1) is 8.38. The summed E-state index contributed by atoms with van der Waals surface area (Å²) in [6.45, 7) is 2.09. The zero-order valence-electron chi connectivity index (χ0n) is 10.1. The Kier molecular flexibility index (Phi) is 2.93. The van der Waals surface area contributed by atoms with Gasteiger partial charge in [0.25, 0.3) is 0 Å². The molecule has 92 valence electrons. The average molecular weight is 233 g/mol. The minimum atomic E-state index is 0.611. The van der Waals surface area contributed by atoms with E-state index in [4.69, 9.17) is 15.2 Å². The molecule has 3 nitrogen and oxygen atoms in total. The van der Waals surface area contributed by atoms with Crippen LogP contribution in [0, 0.1) is 0 Å². The highest BCUT2D eigenvalue weighted by Gasteiger charge is 2.23. The van der Waals surface area contributed by atoms with E-state index in [1.54, 1.807) is 0 Å². The molecule has 1 heterocycles. The monoisotopic (exact) mass is 233 g/mol. The third-order valence-electron chi connectivity index (χ3n) is 3.76. The van der Waals surface area contributed by atoms with Crippen molar-refractivity contribution >= 4 is 0 Å². The third-order valence-corrected chi connectivity index (χ3v) is 3.76. The minimum absolute atomic E-state index is 0.611. The van der Waals surface area contributed by atoms with Gasteiger partial charge in [0, 0.05) is 0 Å². The zero-order valence-corrected chi connectivity index (χ0v) is 10.1. The van der Waals surface area contributed by atoms with Crippen molar-refractivity contribution in [2.75, 3.05) is 19.8 Å². The highest BCUT2D eigenvalue weighted by molar-refractivity contribution is 5.50. The summed E-state index contributed by atoms with van der Waals surface area (Å²) in [6.07, 6.45) is 4.75. The highest BCUT2D eigenvalue weighted by Crippen LogP contribution is 2.41. The fourth-order valence-corrected chi connectivity index (χ4v) is 2.94. The number of hydrogen-bond acceptors (Lipinski definition) is 3. The first-order valence-electron chi connectivity index (χ1n) is 6.51. The van der Waals surface area contributed by atoms with Gasteiger partial charge in [-0.25, -0.2) is 0 Å². The Hall–Kier alpha value is -1.22. The predicted molar refractivity (Wildman–Crippen MR) is 66.8 cm³/mol. The molecule has 1 aromatic carbocycles. The van der Waals surface area contributed by atoms with Crippen molar-refractivity contribution < 1.29 is 9.47 Å². The van der Waals surface area contributed by atoms with Crippen molar-refractivity contribution in [1.82, 2.24) is 0 Å². The molecule has 2 N–H and O–H groups in total. The van der Waals surface area contributed by atoms with E-state index in [-0.39, 0.29) is 0 Å². The molecule has 0 fully saturated rings. The number of rotatable bonds is 2. The van der Waals surface area contributed by atoms with E-state index in [0.29, 0.717) is 19.1 Å². The molecule has 1 aliphatic heterocycles. The maximum atomic E-state index is 5.70. The van der Waals surface area contributed by atoms with Crippen LogP contribution in [-0.2, 0) is 6.42 Å². The minimum Gasteiger partial charge on any atom is -0.486 e. The smallest absolute Gasteiger partial charge is 0.161 e. The normalized spacial score (nSPS) is 22.1. The Bertz CT molecular complexity index is 417. The maximum absolute atomic E-state index is 5.70. The summed E-state index contributed by atoms with van der Waals surface area (Å²) in [6, 6.07) is 4.36. The van der Waals surface area contributed by atoms with Crippen LogP contribution in [0.5, 0.6) is 11.5 Å². The lowest BCUT2D eigenvalue weighted by atomic mass is 9.81. The molecule has 3 heteroatoms. The van der Waals surface area contributed by atoms with E-state index >= 15 is 0 Å². The molecule has 0 amide bonds. The standard InChI is InChI=1S/C14H19NO2/c15-5-4-10-2-1-3-11-8-13-14(9-12(10)11)17-7-6-16-13/h8-10H,1-7,15H2. The molecule has 0 saturated heterocycles. The second kappa shape index (κ2) is 4.57. The molecule has 1 atom stereocenters. The molecule has 0 bridgehead atoms. The second-order valence-corrected chi connectivity index (χ2v) is 4.86. The van der Waals surface area contributed by atoms with Gasteiger partial charge in [0.2, 0.25) is 0 Å². The largest absolute Gasteiger partial charge is 0.486 e. The molecule has 0 radical (unpaired) electrons. The van der Waals surface area contributed by atoms with Gasteiger partial charge in [-0.1, -0.05) is 0 Å². The quantitative estimate of drug-likeness (QED) is 0.852. The lowest BCUT2D eigenvalue weighted by Crippen LogP contribution is -2.18. The Labute approximate surface area is 102 Å². The molecule has 1 aromatic rings. The number of fused-ring (bicyclic) bond motifs is 2. The fraction of sp³-hybridized carbons (Fsp3) is 0.571. The molecule has 17 heavy (non-hydrogen) atoms. The van der Waals surface area contributed by atoms with E-state index in [2.05, 4.69) is 12.1 Å². The van der Waals surface area contributed by atoms with E-state index in [9.17, 15) is 0 Å². The molecule has 0 saturated carbocycles. The number of hydrogen-bond donors (Lipinski definition) is 1. The van der Waals surface area contributed by atoms with E-state index in [1.165, 1.54) is 24.0 Å². The Morgan fingerprint density at radius 3 is 2.71 bits per heavy atom. The van der Waals surface area contributed by atoms with Crippen LogP contribution in [-0.4, -0.2) is 19.8 Å². The van der Waals surface area contributed by atoms with Crippen molar-refractivity contribution in [3.05, 3.63) is 23.3 Å². The SMILES string of the molecule is NCCC1CCCc2cc3c(cc21)OCCO3. The van der Waals surface area contributed by atoms with Crippen LogP contribution in [0.1, 0.15) is 36.3 Å². The van der Waals surface area contributed by atoms with Crippen LogP contribution in [0.25, 0.3) is 0 Å². The Balaban J connectivity index is 1.98. The first kappa shape index (κ1) is 10.9. The number of benzene rings is 1. The van der Waals surface area contributed by atoms with Gasteiger partial charge in [0.15, 0.2) is 11.5 Å². The number of aryl methyl sites for hydroxylation is 1. The molecule has 1 unspecified atom stereocenters. The first-order valence-corrected chi connectivity index (χ1v) is 6.51. The topological polar surface area (TPSA) is 44.5 Å². The average Bonchev–Trinajstić information content (AvgIpc) is 2.37. The molecular formula is C14H19NO2. The summed E-state index contributed by atoms with van der Waals surface area (Å²) in [5.74, 6) is 2.45. The highest BCUT2D eigenvalue weighted by atomic mass is 16.6. The van der Waals surface area contributed by atoms with E-state index in [0.717, 1.165) is 30.9 Å². The number of ether oxygens (including phenoxy) is 2. The van der Waals surface area contributed by atoms with Crippen LogP contribution in [0.3, 0.4) is 0 Å². The summed E-state index contributed by atoms with van der Waals surface area (Å²) >= 11 is 0. The zero-order chi connectivity index (χ0) is 11.7. The van der Waals surface area contributed by atoms with Crippen molar-refractivity contribution in [3.8, 4) is 11.5 Å². The molecule has 0 spiro atoms. The maximum Gasteiger partial charge on any atom is 0.161 e. The molecule has 3 rings (SSSR count). The van der Waals surface area contributed by atoms with Crippen molar-refractivity contribution in [2.24, 2.45) is 5.73 Å². The van der Waals surface area contributed by atoms with Gasteiger partial charge < -0.3 is 15.2 Å². The Morgan fingerprint density at radius 1 is 1.18 bits per heavy atom. The van der Waals surface area contributed by atoms with Gasteiger partial charge in [-0.05, 0) is 61.4 Å². The van der Waals surface area contributed by atoms with Gasteiger partial charge in [0.1, 0.15) is 13.2 Å². The van der Waals surface area contributed by atoms with Gasteiger partial charge in [-0.3, -0.25) is 0 Å². The molecular weight excluding hydrogens is 214 g/mol. The van der Waals surface area contributed by atoms with E-state index < -0.39 is 0 Å². The summed E-state index contributed by atoms with van der Waals surface area (Å²) < 4.78 is 11.3. The van der Waals surface area contributed by atoms with Crippen LogP contribution >= 0.6 is 0 Å². The summed E-state index contributed by atoms with van der Waals surface area (Å²) in [5, 5.41) is 0. The van der Waals surface area contributed by atoms with Crippen LogP contribution in [0.2, 0.25) is 0 Å². The fourth-order valence-electron chi connectivity index (χ4n) is 2.94. The lowest BCUT2D eigenvalue weighted by molar-refractivity contribution is 0.171. The predicted octanol–water partition coefficient (Wildman–Crippen LogP) is 2.23.